The summed E-state index contributed by atoms with van der Waals surface area (Å²) >= 11 is 0. The predicted octanol–water partition coefficient (Wildman–Crippen LogP) is 6.63. The minimum Gasteiger partial charge on any atom is -0.444 e. The summed E-state index contributed by atoms with van der Waals surface area (Å²) in [6, 6.07) is 0.407. The zero-order valence-corrected chi connectivity index (χ0v) is 26.8. The Kier molecular flexibility index (Phi) is 7.72. The fourth-order valence-corrected chi connectivity index (χ4v) is 10.5. The van der Waals surface area contributed by atoms with Crippen molar-refractivity contribution < 1.29 is 19.4 Å². The Labute approximate surface area is 248 Å². The number of carbonyl (C=O) groups excluding carboxylic acids is 1. The Bertz CT molecular complexity index is 1090. The van der Waals surface area contributed by atoms with Crippen molar-refractivity contribution in [2.24, 2.45) is 35.0 Å². The van der Waals surface area contributed by atoms with Crippen molar-refractivity contribution in [2.75, 3.05) is 19.6 Å². The number of hydrogen-bond donors (Lipinski definition) is 2. The maximum Gasteiger partial charge on any atom is 0.407 e. The SMILES string of the molecule is CC1=C2C[C@H]3[C@@H](CCC4=CC(O)CC[C@@]43C)[C@@H]2CC[C@@]2(C1)O[C@@H]1C[C@H](C)CN(CCNC(=O)OC(C)(C)C)[C@H]1[C@H]2C. The minimum atomic E-state index is -0.480. The first-order chi connectivity index (χ1) is 19.3. The van der Waals surface area contributed by atoms with Gasteiger partial charge in [-0.05, 0) is 115 Å². The second-order valence-corrected chi connectivity index (χ2v) is 16.1. The van der Waals surface area contributed by atoms with Crippen molar-refractivity contribution in [2.45, 2.75) is 136 Å². The number of allylic oxidation sites excluding steroid dienone is 2. The maximum absolute atomic E-state index is 12.3. The van der Waals surface area contributed by atoms with Crippen LogP contribution in [0.2, 0.25) is 0 Å². The molecule has 2 saturated carbocycles. The molecule has 1 amide bonds. The van der Waals surface area contributed by atoms with Crippen LogP contribution in [0.15, 0.2) is 22.8 Å². The molecule has 0 aromatic rings. The second-order valence-electron chi connectivity index (χ2n) is 16.1. The van der Waals surface area contributed by atoms with Crippen molar-refractivity contribution in [1.82, 2.24) is 10.2 Å². The van der Waals surface area contributed by atoms with Crippen LogP contribution in [0.3, 0.4) is 0 Å². The van der Waals surface area contributed by atoms with Gasteiger partial charge in [-0.15, -0.1) is 0 Å². The van der Waals surface area contributed by atoms with Crippen molar-refractivity contribution in [3.05, 3.63) is 22.8 Å². The fraction of sp³-hybridized carbons (Fsp3) is 0.857. The highest BCUT2D eigenvalue weighted by Crippen LogP contribution is 2.64. The van der Waals surface area contributed by atoms with Gasteiger partial charge in [-0.25, -0.2) is 4.79 Å². The number of ether oxygens (including phenoxy) is 2. The summed E-state index contributed by atoms with van der Waals surface area (Å²) in [4.78, 5) is 14.9. The summed E-state index contributed by atoms with van der Waals surface area (Å²) in [6.07, 6.45) is 12.3. The molecule has 0 aromatic heterocycles. The summed E-state index contributed by atoms with van der Waals surface area (Å²) in [6.45, 7) is 18.0. The number of hydrogen-bond acceptors (Lipinski definition) is 5. The molecule has 6 aliphatic rings. The third-order valence-electron chi connectivity index (χ3n) is 12.3. The van der Waals surface area contributed by atoms with Gasteiger partial charge in [0.2, 0.25) is 0 Å². The number of alkyl carbamates (subject to hydrolysis) is 1. The van der Waals surface area contributed by atoms with Gasteiger partial charge in [0.15, 0.2) is 0 Å². The largest absolute Gasteiger partial charge is 0.444 e. The summed E-state index contributed by atoms with van der Waals surface area (Å²) < 4.78 is 12.7. The molecular formula is C35H56N2O4. The maximum atomic E-state index is 12.3. The zero-order valence-electron chi connectivity index (χ0n) is 26.8. The molecule has 6 heteroatoms. The lowest BCUT2D eigenvalue weighted by Gasteiger charge is -2.49. The van der Waals surface area contributed by atoms with Crippen LogP contribution in [0, 0.1) is 35.0 Å². The topological polar surface area (TPSA) is 71.0 Å². The lowest BCUT2D eigenvalue weighted by Crippen LogP contribution is -2.53. The quantitative estimate of drug-likeness (QED) is 0.374. The Hall–Kier alpha value is -1.37. The molecule has 0 radical (unpaired) electrons. The predicted molar refractivity (Wildman–Crippen MR) is 162 cm³/mol. The first kappa shape index (κ1) is 29.7. The molecule has 4 aliphatic carbocycles. The van der Waals surface area contributed by atoms with Crippen molar-refractivity contribution in [1.29, 1.82) is 0 Å². The molecule has 10 atom stereocenters. The van der Waals surface area contributed by atoms with E-state index >= 15 is 0 Å². The van der Waals surface area contributed by atoms with Crippen LogP contribution in [0.5, 0.6) is 0 Å². The van der Waals surface area contributed by atoms with E-state index in [1.807, 2.05) is 20.8 Å². The number of nitrogens with zero attached hydrogens (tertiary/aromatic N) is 1. The van der Waals surface area contributed by atoms with Gasteiger partial charge in [0.05, 0.1) is 17.8 Å². The van der Waals surface area contributed by atoms with Crippen LogP contribution in [0.4, 0.5) is 4.79 Å². The number of rotatable bonds is 3. The van der Waals surface area contributed by atoms with Gasteiger partial charge in [0, 0.05) is 31.6 Å². The Morgan fingerprint density at radius 3 is 2.76 bits per heavy atom. The van der Waals surface area contributed by atoms with E-state index in [2.05, 4.69) is 44.0 Å². The molecule has 2 aliphatic heterocycles. The average molecular weight is 569 g/mol. The van der Waals surface area contributed by atoms with Crippen LogP contribution in [0.25, 0.3) is 0 Å². The number of fused-ring (bicyclic) bond motifs is 6. The number of likely N-dealkylation sites (tertiary alicyclic amines) is 1. The summed E-state index contributed by atoms with van der Waals surface area (Å²) in [5, 5.41) is 13.3. The number of piperidine rings is 1. The molecule has 2 N–H and O–H groups in total. The van der Waals surface area contributed by atoms with E-state index in [4.69, 9.17) is 9.47 Å². The van der Waals surface area contributed by atoms with E-state index < -0.39 is 5.60 Å². The van der Waals surface area contributed by atoms with Crippen LogP contribution in [-0.4, -0.2) is 65.2 Å². The highest BCUT2D eigenvalue weighted by Gasteiger charge is 2.59. The molecule has 4 fully saturated rings. The second kappa shape index (κ2) is 10.7. The summed E-state index contributed by atoms with van der Waals surface area (Å²) in [7, 11) is 0. The highest BCUT2D eigenvalue weighted by molar-refractivity contribution is 5.67. The summed E-state index contributed by atoms with van der Waals surface area (Å²) in [5.41, 5.74) is 4.65. The monoisotopic (exact) mass is 568 g/mol. The average Bonchev–Trinajstić information content (AvgIpc) is 3.33. The molecule has 2 saturated heterocycles. The van der Waals surface area contributed by atoms with E-state index in [1.165, 1.54) is 25.7 Å². The number of amides is 1. The van der Waals surface area contributed by atoms with Crippen LogP contribution in [-0.2, 0) is 9.47 Å². The van der Waals surface area contributed by atoms with Crippen LogP contribution < -0.4 is 5.32 Å². The Morgan fingerprint density at radius 1 is 1.22 bits per heavy atom. The van der Waals surface area contributed by atoms with E-state index in [0.717, 1.165) is 57.0 Å². The zero-order chi connectivity index (χ0) is 29.3. The highest BCUT2D eigenvalue weighted by atomic mass is 16.6. The smallest absolute Gasteiger partial charge is 0.407 e. The molecular weight excluding hydrogens is 512 g/mol. The Morgan fingerprint density at radius 2 is 2.00 bits per heavy atom. The molecule has 0 aromatic carbocycles. The molecule has 2 heterocycles. The van der Waals surface area contributed by atoms with Gasteiger partial charge in [0.1, 0.15) is 5.60 Å². The van der Waals surface area contributed by atoms with Gasteiger partial charge in [0.25, 0.3) is 0 Å². The molecule has 230 valence electrons. The first-order valence-electron chi connectivity index (χ1n) is 16.8. The fourth-order valence-electron chi connectivity index (χ4n) is 10.5. The third kappa shape index (κ3) is 5.33. The van der Waals surface area contributed by atoms with E-state index in [-0.39, 0.29) is 29.3 Å². The third-order valence-corrected chi connectivity index (χ3v) is 12.3. The normalized spacial score (nSPS) is 44.4. The van der Waals surface area contributed by atoms with Crippen molar-refractivity contribution >= 4 is 6.09 Å². The molecule has 6 rings (SSSR count). The lowest BCUT2D eigenvalue weighted by atomic mass is 9.56. The number of aliphatic hydroxyl groups excluding tert-OH is 1. The van der Waals surface area contributed by atoms with E-state index in [0.29, 0.717) is 30.3 Å². The number of carbonyl (C=O) groups is 1. The lowest BCUT2D eigenvalue weighted by molar-refractivity contribution is -0.0792. The Balaban J connectivity index is 1.18. The van der Waals surface area contributed by atoms with Crippen LogP contribution >= 0.6 is 0 Å². The molecule has 0 bridgehead atoms. The number of aliphatic hydroxyl groups is 1. The van der Waals surface area contributed by atoms with Gasteiger partial charge in [-0.2, -0.15) is 0 Å². The van der Waals surface area contributed by atoms with Gasteiger partial charge in [-0.1, -0.05) is 43.6 Å². The van der Waals surface area contributed by atoms with Crippen molar-refractivity contribution in [3.8, 4) is 0 Å². The van der Waals surface area contributed by atoms with Gasteiger partial charge >= 0.3 is 6.09 Å². The van der Waals surface area contributed by atoms with E-state index in [1.54, 1.807) is 16.7 Å². The summed E-state index contributed by atoms with van der Waals surface area (Å²) in [5.74, 6) is 3.27. The van der Waals surface area contributed by atoms with Crippen molar-refractivity contribution in [3.63, 3.8) is 0 Å². The number of nitrogens with one attached hydrogen (secondary N) is 1. The van der Waals surface area contributed by atoms with Gasteiger partial charge in [-0.3, -0.25) is 4.90 Å². The molecule has 1 unspecified atom stereocenters. The molecule has 6 nitrogen and oxygen atoms in total. The van der Waals surface area contributed by atoms with Gasteiger partial charge < -0.3 is 19.9 Å². The van der Waals surface area contributed by atoms with E-state index in [9.17, 15) is 9.90 Å². The standard InChI is InChI=1S/C35H56N2O4/c1-21-16-30-31(37(20-21)15-14-36-32(39)41-33(4,5)6)23(3)35(40-30)13-11-26-27-9-8-24-17-25(38)10-12-34(24,7)29(27)18-28(26)22(2)19-35/h17,21,23,25-27,29-31,38H,8-16,18-20H2,1-7H3,(H,36,39)/t21-,23+,25?,26-,27-,29-,30+,31-,34-,35-/m0/s1. The minimum absolute atomic E-state index is 0.0776. The molecule has 1 spiro atoms. The first-order valence-corrected chi connectivity index (χ1v) is 16.8. The molecule has 41 heavy (non-hydrogen) atoms. The van der Waals surface area contributed by atoms with Crippen LogP contribution in [0.1, 0.15) is 106 Å².